The van der Waals surface area contributed by atoms with Crippen LogP contribution in [0.3, 0.4) is 0 Å². The van der Waals surface area contributed by atoms with Crippen molar-refractivity contribution in [1.29, 1.82) is 0 Å². The minimum absolute atomic E-state index is 0.0948. The predicted octanol–water partition coefficient (Wildman–Crippen LogP) is 5.46. The lowest BCUT2D eigenvalue weighted by Crippen LogP contribution is -2.56. The average molecular weight is 437 g/mol. The average Bonchev–Trinajstić information content (AvgIpc) is 3.05. The Balaban J connectivity index is 1.41. The fraction of sp³-hybridized carbons (Fsp3) is 0.704. The van der Waals surface area contributed by atoms with E-state index in [0.717, 1.165) is 51.3 Å². The summed E-state index contributed by atoms with van der Waals surface area (Å²) in [5.41, 5.74) is 2.70. The topological polar surface area (TPSA) is 47.9 Å². The maximum absolute atomic E-state index is 13.1. The van der Waals surface area contributed by atoms with E-state index in [9.17, 15) is 4.79 Å². The van der Waals surface area contributed by atoms with Crippen molar-refractivity contribution in [1.82, 2.24) is 15.1 Å². The third kappa shape index (κ3) is 4.46. The van der Waals surface area contributed by atoms with Crippen LogP contribution in [0.4, 0.5) is 4.79 Å². The van der Waals surface area contributed by atoms with Crippen molar-refractivity contribution in [2.75, 3.05) is 19.6 Å². The molecule has 5 nitrogen and oxygen atoms in total. The Hall–Kier alpha value is -1.88. The number of rotatable bonds is 1. The zero-order valence-electron chi connectivity index (χ0n) is 19.8. The van der Waals surface area contributed by atoms with Gasteiger partial charge in [-0.05, 0) is 55.6 Å². The molecule has 2 saturated heterocycles. The number of piperidine rings is 1. The molecule has 1 spiro atoms. The molecule has 4 bridgehead atoms. The van der Waals surface area contributed by atoms with Gasteiger partial charge < -0.3 is 4.90 Å². The smallest absolute Gasteiger partial charge is 0.312 e. The molecule has 5 heteroatoms. The molecule has 0 aromatic heterocycles. The lowest BCUT2D eigenvalue weighted by atomic mass is 9.84. The van der Waals surface area contributed by atoms with Crippen molar-refractivity contribution in [3.63, 3.8) is 0 Å². The largest absolute Gasteiger partial charge is 0.323 e. The van der Waals surface area contributed by atoms with Gasteiger partial charge in [0, 0.05) is 26.2 Å². The molecule has 174 valence electrons. The summed E-state index contributed by atoms with van der Waals surface area (Å²) in [6, 6.07) is 9.73. The molecule has 1 aliphatic carbocycles. The number of carbonyl (C=O) groups is 1. The first-order valence-corrected chi connectivity index (χ1v) is 13.1. The van der Waals surface area contributed by atoms with Gasteiger partial charge in [-0.1, -0.05) is 63.3 Å². The molecule has 1 saturated carbocycles. The van der Waals surface area contributed by atoms with Gasteiger partial charge in [0.1, 0.15) is 11.4 Å². The fourth-order valence-corrected chi connectivity index (χ4v) is 6.38. The van der Waals surface area contributed by atoms with Crippen LogP contribution in [-0.4, -0.2) is 52.9 Å². The number of aliphatic imine (C=N–C) groups is 1. The van der Waals surface area contributed by atoms with Gasteiger partial charge in [-0.25, -0.2) is 4.79 Å². The van der Waals surface area contributed by atoms with Crippen molar-refractivity contribution in [2.45, 2.75) is 102 Å². The summed E-state index contributed by atoms with van der Waals surface area (Å²) in [5.74, 6) is 1.59. The van der Waals surface area contributed by atoms with Gasteiger partial charge in [-0.3, -0.25) is 15.2 Å². The number of hydrogen-bond acceptors (Lipinski definition) is 3. The van der Waals surface area contributed by atoms with Crippen LogP contribution in [0.5, 0.6) is 0 Å². The molecule has 1 atom stereocenters. The van der Waals surface area contributed by atoms with E-state index in [1.165, 1.54) is 62.5 Å². The standard InChI is InChI=1S/C27H40N4O/c1-21-9-4-3-7-16-31-26(32)29-25(28-24-12-5-2-6-13-24)27(31)14-17-30(18-15-27)20-22-10-8-11-23(21)19-22/h8,10-11,19,21,24H,2-7,9,12-18,20H2,1H3,(H,28,29,32). The number of amidine groups is 1. The molecule has 0 radical (unpaired) electrons. The summed E-state index contributed by atoms with van der Waals surface area (Å²) in [6.07, 6.45) is 12.9. The molecule has 1 unspecified atom stereocenters. The maximum atomic E-state index is 13.1. The number of nitrogens with zero attached hydrogens (tertiary/aromatic N) is 3. The first-order chi connectivity index (χ1) is 15.6. The Bertz CT molecular complexity index is 836. The van der Waals surface area contributed by atoms with Crippen molar-refractivity contribution in [2.24, 2.45) is 4.99 Å². The second-order valence-electron chi connectivity index (χ2n) is 10.7. The van der Waals surface area contributed by atoms with Gasteiger partial charge in [-0.2, -0.15) is 0 Å². The second-order valence-corrected chi connectivity index (χ2v) is 10.7. The molecule has 4 heterocycles. The number of amides is 2. The number of benzene rings is 1. The van der Waals surface area contributed by atoms with E-state index in [2.05, 4.69) is 46.3 Å². The predicted molar refractivity (Wildman–Crippen MR) is 130 cm³/mol. The molecule has 1 aromatic carbocycles. The van der Waals surface area contributed by atoms with E-state index in [4.69, 9.17) is 4.99 Å². The van der Waals surface area contributed by atoms with Crippen LogP contribution in [0.1, 0.15) is 94.6 Å². The summed E-state index contributed by atoms with van der Waals surface area (Å²) in [6.45, 7) is 6.27. The van der Waals surface area contributed by atoms with Crippen LogP contribution in [0, 0.1) is 0 Å². The fourth-order valence-electron chi connectivity index (χ4n) is 6.38. The number of hydrogen-bond donors (Lipinski definition) is 1. The molecule has 6 rings (SSSR count). The van der Waals surface area contributed by atoms with E-state index < -0.39 is 0 Å². The summed E-state index contributed by atoms with van der Waals surface area (Å²) < 4.78 is 0. The highest BCUT2D eigenvalue weighted by Crippen LogP contribution is 2.36. The monoisotopic (exact) mass is 436 g/mol. The SMILES string of the molecule is CC1CCCCCN2C(=O)NC(=NC3CCCCC3)C23CCN(CC3)Cc2cccc1c2. The normalized spacial score (nSPS) is 33.5. The van der Waals surface area contributed by atoms with Gasteiger partial charge in [0.05, 0.1) is 6.04 Å². The van der Waals surface area contributed by atoms with E-state index in [0.29, 0.717) is 12.0 Å². The summed E-state index contributed by atoms with van der Waals surface area (Å²) in [4.78, 5) is 23.1. The number of fused-ring (bicyclic) bond motifs is 7. The van der Waals surface area contributed by atoms with Crippen LogP contribution in [0.15, 0.2) is 29.3 Å². The summed E-state index contributed by atoms with van der Waals surface area (Å²) in [5, 5.41) is 3.25. The minimum atomic E-state index is -0.208. The van der Waals surface area contributed by atoms with Gasteiger partial charge >= 0.3 is 6.03 Å². The third-order valence-corrected chi connectivity index (χ3v) is 8.44. The zero-order valence-corrected chi connectivity index (χ0v) is 19.8. The van der Waals surface area contributed by atoms with Gasteiger partial charge in [-0.15, -0.1) is 0 Å². The van der Waals surface area contributed by atoms with E-state index in [-0.39, 0.29) is 11.6 Å². The molecule has 32 heavy (non-hydrogen) atoms. The highest BCUT2D eigenvalue weighted by atomic mass is 16.2. The first kappa shape index (κ1) is 21.9. The van der Waals surface area contributed by atoms with Crippen LogP contribution >= 0.6 is 0 Å². The van der Waals surface area contributed by atoms with E-state index >= 15 is 0 Å². The Morgan fingerprint density at radius 3 is 2.53 bits per heavy atom. The Kier molecular flexibility index (Phi) is 6.54. The maximum Gasteiger partial charge on any atom is 0.323 e. The quantitative estimate of drug-likeness (QED) is 0.636. The molecule has 4 aliphatic heterocycles. The van der Waals surface area contributed by atoms with E-state index in [1.807, 2.05) is 0 Å². The lowest BCUT2D eigenvalue weighted by molar-refractivity contribution is 0.0983. The van der Waals surface area contributed by atoms with Crippen LogP contribution < -0.4 is 5.32 Å². The van der Waals surface area contributed by atoms with Crippen molar-refractivity contribution < 1.29 is 4.79 Å². The van der Waals surface area contributed by atoms with E-state index in [1.54, 1.807) is 0 Å². The van der Waals surface area contributed by atoms with Crippen LogP contribution in [0.25, 0.3) is 0 Å². The van der Waals surface area contributed by atoms with Crippen LogP contribution in [0.2, 0.25) is 0 Å². The first-order valence-electron chi connectivity index (χ1n) is 13.1. The molecule has 1 N–H and O–H groups in total. The zero-order chi connectivity index (χ0) is 22.0. The second kappa shape index (κ2) is 9.54. The Labute approximate surface area is 193 Å². The Morgan fingerprint density at radius 2 is 1.72 bits per heavy atom. The third-order valence-electron chi connectivity index (χ3n) is 8.44. The van der Waals surface area contributed by atoms with Crippen molar-refractivity contribution in [3.05, 3.63) is 35.4 Å². The number of nitrogens with one attached hydrogen (secondary N) is 1. The van der Waals surface area contributed by atoms with Crippen molar-refractivity contribution in [3.8, 4) is 0 Å². The number of carbonyl (C=O) groups excluding carboxylic acids is 1. The lowest BCUT2D eigenvalue weighted by Gasteiger charge is -2.44. The highest BCUT2D eigenvalue weighted by Gasteiger charge is 2.52. The summed E-state index contributed by atoms with van der Waals surface area (Å²) >= 11 is 0. The molecule has 1 aromatic rings. The summed E-state index contributed by atoms with van der Waals surface area (Å²) in [7, 11) is 0. The van der Waals surface area contributed by atoms with Gasteiger partial charge in [0.25, 0.3) is 0 Å². The molecule has 3 fully saturated rings. The molecular formula is C27H40N4O. The van der Waals surface area contributed by atoms with Crippen LogP contribution in [-0.2, 0) is 6.54 Å². The highest BCUT2D eigenvalue weighted by molar-refractivity contribution is 6.10. The minimum Gasteiger partial charge on any atom is -0.312 e. The Morgan fingerprint density at radius 1 is 0.969 bits per heavy atom. The van der Waals surface area contributed by atoms with Crippen molar-refractivity contribution >= 4 is 11.9 Å². The molecule has 2 amide bonds. The number of urea groups is 1. The van der Waals surface area contributed by atoms with Gasteiger partial charge in [0.2, 0.25) is 0 Å². The van der Waals surface area contributed by atoms with Gasteiger partial charge in [0.15, 0.2) is 0 Å². The molecular weight excluding hydrogens is 396 g/mol. The molecule has 5 aliphatic rings.